The largest absolute Gasteiger partial charge is 0.463 e. The second kappa shape index (κ2) is 5.48. The Hall–Kier alpha value is -0.830. The van der Waals surface area contributed by atoms with Gasteiger partial charge in [-0.2, -0.15) is 0 Å². The molecule has 0 spiro atoms. The molecule has 16 heavy (non-hydrogen) atoms. The molecule has 2 aliphatic rings. The minimum atomic E-state index is -0.206. The Labute approximate surface area is 97.5 Å². The van der Waals surface area contributed by atoms with Gasteiger partial charge in [0.1, 0.15) is 0 Å². The molecule has 0 amide bonds. The molecule has 0 aromatic heterocycles. The smallest absolute Gasteiger partial charge is 0.330 e. The van der Waals surface area contributed by atoms with Crippen LogP contribution in [0.2, 0.25) is 0 Å². The molecule has 1 aliphatic carbocycles. The van der Waals surface area contributed by atoms with Crippen molar-refractivity contribution in [3.8, 4) is 0 Å². The van der Waals surface area contributed by atoms with Crippen LogP contribution < -0.4 is 0 Å². The second-order valence-electron chi connectivity index (χ2n) is 4.64. The SMILES string of the molecule is CCOC(=O)/C=C/C1CCCN1C1CCC1. The zero-order valence-corrected chi connectivity index (χ0v) is 10.0. The summed E-state index contributed by atoms with van der Waals surface area (Å²) >= 11 is 0. The minimum Gasteiger partial charge on any atom is -0.463 e. The van der Waals surface area contributed by atoms with E-state index in [2.05, 4.69) is 4.90 Å². The number of esters is 1. The number of rotatable bonds is 4. The molecule has 2 fully saturated rings. The van der Waals surface area contributed by atoms with Crippen molar-refractivity contribution in [1.29, 1.82) is 0 Å². The molecule has 0 radical (unpaired) electrons. The highest BCUT2D eigenvalue weighted by Gasteiger charge is 2.32. The summed E-state index contributed by atoms with van der Waals surface area (Å²) in [4.78, 5) is 13.8. The van der Waals surface area contributed by atoms with Gasteiger partial charge in [0.2, 0.25) is 0 Å². The first kappa shape index (κ1) is 11.6. The fraction of sp³-hybridized carbons (Fsp3) is 0.769. The van der Waals surface area contributed by atoms with E-state index in [1.807, 2.05) is 13.0 Å². The number of nitrogens with zero attached hydrogens (tertiary/aromatic N) is 1. The van der Waals surface area contributed by atoms with Crippen LogP contribution in [0.1, 0.15) is 39.0 Å². The molecule has 1 atom stereocenters. The number of carbonyl (C=O) groups is 1. The van der Waals surface area contributed by atoms with Crippen molar-refractivity contribution in [2.75, 3.05) is 13.2 Å². The van der Waals surface area contributed by atoms with Crippen LogP contribution in [0.4, 0.5) is 0 Å². The van der Waals surface area contributed by atoms with Gasteiger partial charge >= 0.3 is 5.97 Å². The Bertz CT molecular complexity index is 271. The van der Waals surface area contributed by atoms with Gasteiger partial charge in [0.15, 0.2) is 0 Å². The number of likely N-dealkylation sites (tertiary alicyclic amines) is 1. The van der Waals surface area contributed by atoms with Crippen molar-refractivity contribution in [2.45, 2.75) is 51.1 Å². The molecule has 1 aliphatic heterocycles. The fourth-order valence-corrected chi connectivity index (χ4v) is 2.57. The maximum Gasteiger partial charge on any atom is 0.330 e. The third kappa shape index (κ3) is 2.64. The first-order valence-corrected chi connectivity index (χ1v) is 6.42. The van der Waals surface area contributed by atoms with Crippen molar-refractivity contribution >= 4 is 5.97 Å². The lowest BCUT2D eigenvalue weighted by molar-refractivity contribution is -0.137. The van der Waals surface area contributed by atoms with Gasteiger partial charge in [-0.1, -0.05) is 12.5 Å². The lowest BCUT2D eigenvalue weighted by Crippen LogP contribution is -2.42. The molecule has 2 rings (SSSR count). The number of ether oxygens (including phenoxy) is 1. The van der Waals surface area contributed by atoms with Crippen LogP contribution in [0, 0.1) is 0 Å². The molecule has 90 valence electrons. The van der Waals surface area contributed by atoms with Crippen LogP contribution in [0.3, 0.4) is 0 Å². The predicted octanol–water partition coefficient (Wildman–Crippen LogP) is 2.12. The Balaban J connectivity index is 1.85. The molecular weight excluding hydrogens is 202 g/mol. The van der Waals surface area contributed by atoms with E-state index < -0.39 is 0 Å². The summed E-state index contributed by atoms with van der Waals surface area (Å²) in [5.41, 5.74) is 0. The molecule has 1 heterocycles. The highest BCUT2D eigenvalue weighted by molar-refractivity contribution is 5.81. The van der Waals surface area contributed by atoms with E-state index in [4.69, 9.17) is 4.74 Å². The molecular formula is C13H21NO2. The fourth-order valence-electron chi connectivity index (χ4n) is 2.57. The molecule has 3 heteroatoms. The zero-order valence-electron chi connectivity index (χ0n) is 10.0. The van der Waals surface area contributed by atoms with E-state index in [1.165, 1.54) is 38.6 Å². The predicted molar refractivity (Wildman–Crippen MR) is 63.1 cm³/mol. The molecule has 0 aromatic carbocycles. The molecule has 0 bridgehead atoms. The Morgan fingerprint density at radius 2 is 2.19 bits per heavy atom. The monoisotopic (exact) mass is 223 g/mol. The van der Waals surface area contributed by atoms with Gasteiger partial charge in [-0.15, -0.1) is 0 Å². The highest BCUT2D eigenvalue weighted by Crippen LogP contribution is 2.31. The third-order valence-electron chi connectivity index (χ3n) is 3.63. The molecule has 1 saturated heterocycles. The van der Waals surface area contributed by atoms with Gasteiger partial charge in [-0.25, -0.2) is 4.79 Å². The number of hydrogen-bond acceptors (Lipinski definition) is 3. The number of carbonyl (C=O) groups excluding carboxylic acids is 1. The molecule has 1 saturated carbocycles. The van der Waals surface area contributed by atoms with Crippen LogP contribution in [-0.2, 0) is 9.53 Å². The minimum absolute atomic E-state index is 0.206. The first-order chi connectivity index (χ1) is 7.81. The average Bonchev–Trinajstić information content (AvgIpc) is 2.61. The van der Waals surface area contributed by atoms with Gasteiger partial charge in [0, 0.05) is 18.2 Å². The van der Waals surface area contributed by atoms with Crippen LogP contribution in [-0.4, -0.2) is 36.1 Å². The van der Waals surface area contributed by atoms with Crippen LogP contribution >= 0.6 is 0 Å². The van der Waals surface area contributed by atoms with E-state index >= 15 is 0 Å². The topological polar surface area (TPSA) is 29.5 Å². The van der Waals surface area contributed by atoms with Crippen molar-refractivity contribution in [1.82, 2.24) is 4.90 Å². The lowest BCUT2D eigenvalue weighted by Gasteiger charge is -2.37. The van der Waals surface area contributed by atoms with Gasteiger partial charge in [0.25, 0.3) is 0 Å². The maximum absolute atomic E-state index is 11.2. The lowest BCUT2D eigenvalue weighted by atomic mass is 9.91. The van der Waals surface area contributed by atoms with E-state index in [9.17, 15) is 4.79 Å². The third-order valence-corrected chi connectivity index (χ3v) is 3.63. The molecule has 3 nitrogen and oxygen atoms in total. The van der Waals surface area contributed by atoms with Gasteiger partial charge in [-0.3, -0.25) is 4.90 Å². The van der Waals surface area contributed by atoms with Crippen LogP contribution in [0.25, 0.3) is 0 Å². The summed E-state index contributed by atoms with van der Waals surface area (Å²) in [6, 6.07) is 1.24. The summed E-state index contributed by atoms with van der Waals surface area (Å²) in [5, 5.41) is 0. The Kier molecular flexibility index (Phi) is 3.99. The molecule has 0 N–H and O–H groups in total. The first-order valence-electron chi connectivity index (χ1n) is 6.42. The van der Waals surface area contributed by atoms with Crippen molar-refractivity contribution in [3.63, 3.8) is 0 Å². The molecule has 0 aromatic rings. The standard InChI is InChI=1S/C13H21NO2/c1-2-16-13(15)9-8-12-7-4-10-14(12)11-5-3-6-11/h8-9,11-12H,2-7,10H2,1H3/b9-8+. The Morgan fingerprint density at radius 3 is 2.81 bits per heavy atom. The average molecular weight is 223 g/mol. The number of hydrogen-bond donors (Lipinski definition) is 0. The van der Waals surface area contributed by atoms with Gasteiger partial charge in [-0.05, 0) is 39.2 Å². The summed E-state index contributed by atoms with van der Waals surface area (Å²) < 4.78 is 4.89. The quantitative estimate of drug-likeness (QED) is 0.540. The Morgan fingerprint density at radius 1 is 1.38 bits per heavy atom. The van der Waals surface area contributed by atoms with Crippen molar-refractivity contribution in [3.05, 3.63) is 12.2 Å². The summed E-state index contributed by atoms with van der Waals surface area (Å²) in [7, 11) is 0. The molecule has 1 unspecified atom stereocenters. The van der Waals surface area contributed by atoms with Crippen molar-refractivity contribution in [2.24, 2.45) is 0 Å². The van der Waals surface area contributed by atoms with Gasteiger partial charge < -0.3 is 4.74 Å². The van der Waals surface area contributed by atoms with E-state index in [0.717, 1.165) is 6.04 Å². The van der Waals surface area contributed by atoms with E-state index in [1.54, 1.807) is 6.08 Å². The van der Waals surface area contributed by atoms with Gasteiger partial charge in [0.05, 0.1) is 6.61 Å². The normalized spacial score (nSPS) is 27.2. The van der Waals surface area contributed by atoms with Crippen LogP contribution in [0.15, 0.2) is 12.2 Å². The summed E-state index contributed by atoms with van der Waals surface area (Å²) in [5.74, 6) is -0.206. The zero-order chi connectivity index (χ0) is 11.4. The van der Waals surface area contributed by atoms with E-state index in [-0.39, 0.29) is 5.97 Å². The summed E-state index contributed by atoms with van der Waals surface area (Å²) in [6.45, 7) is 3.49. The van der Waals surface area contributed by atoms with Crippen LogP contribution in [0.5, 0.6) is 0 Å². The second-order valence-corrected chi connectivity index (χ2v) is 4.64. The highest BCUT2D eigenvalue weighted by atomic mass is 16.5. The maximum atomic E-state index is 11.2. The summed E-state index contributed by atoms with van der Waals surface area (Å²) in [6.07, 6.45) is 10.1. The van der Waals surface area contributed by atoms with E-state index in [0.29, 0.717) is 12.6 Å². The van der Waals surface area contributed by atoms with Crippen molar-refractivity contribution < 1.29 is 9.53 Å².